The van der Waals surface area contributed by atoms with Gasteiger partial charge in [-0.15, -0.1) is 0 Å². The lowest BCUT2D eigenvalue weighted by Gasteiger charge is -2.34. The number of hydrogen-bond acceptors (Lipinski definition) is 6. The van der Waals surface area contributed by atoms with Crippen molar-refractivity contribution in [3.63, 3.8) is 0 Å². The number of piperazine rings is 1. The summed E-state index contributed by atoms with van der Waals surface area (Å²) in [7, 11) is -1.49. The van der Waals surface area contributed by atoms with Gasteiger partial charge in [0, 0.05) is 49.9 Å². The van der Waals surface area contributed by atoms with Crippen LogP contribution in [0.3, 0.4) is 0 Å². The Balaban J connectivity index is 1.46. The lowest BCUT2D eigenvalue weighted by atomic mass is 10.1. The van der Waals surface area contributed by atoms with E-state index in [0.29, 0.717) is 26.2 Å². The molecule has 0 spiro atoms. The molecule has 0 aliphatic carbocycles. The van der Waals surface area contributed by atoms with E-state index in [4.69, 9.17) is 4.74 Å². The Hall–Kier alpha value is -1.52. The van der Waals surface area contributed by atoms with Gasteiger partial charge in [0.15, 0.2) is 0 Å². The van der Waals surface area contributed by atoms with Crippen LogP contribution >= 0.6 is 15.9 Å². The van der Waals surface area contributed by atoms with Crippen LogP contribution in [-0.2, 0) is 14.8 Å². The van der Waals surface area contributed by atoms with Crippen LogP contribution in [0.5, 0.6) is 0 Å². The Labute approximate surface area is 180 Å². The molecular weight excluding hydrogens is 456 g/mol. The van der Waals surface area contributed by atoms with Crippen molar-refractivity contribution in [3.8, 4) is 0 Å². The van der Waals surface area contributed by atoms with Gasteiger partial charge >= 0.3 is 0 Å². The van der Waals surface area contributed by atoms with E-state index in [1.54, 1.807) is 16.4 Å². The Morgan fingerprint density at radius 2 is 1.76 bits per heavy atom. The topological polar surface area (TPSA) is 66.0 Å². The summed E-state index contributed by atoms with van der Waals surface area (Å²) in [5.74, 6) is 0.771. The molecule has 156 valence electrons. The summed E-state index contributed by atoms with van der Waals surface area (Å²) in [6.07, 6.45) is 1.44. The minimum Gasteiger partial charge on any atom is -0.370 e. The van der Waals surface area contributed by atoms with Gasteiger partial charge in [-0.1, -0.05) is 28.1 Å². The molecule has 0 bridgehead atoms. The van der Waals surface area contributed by atoms with Gasteiger partial charge < -0.3 is 14.5 Å². The standard InChI is InChI=1S/C20H25BrN4O3S/c1-23-8-10-25(11-9-23)29(26,27)18-6-7-20(22-14-18)24-12-13-28-19(15-24)16-2-4-17(21)5-3-16/h2-7,14,19H,8-13,15H2,1H3. The molecule has 2 fully saturated rings. The predicted molar refractivity (Wildman–Crippen MR) is 116 cm³/mol. The van der Waals surface area contributed by atoms with Crippen molar-refractivity contribution in [1.82, 2.24) is 14.2 Å². The van der Waals surface area contributed by atoms with E-state index in [1.165, 1.54) is 6.20 Å². The molecule has 9 heteroatoms. The van der Waals surface area contributed by atoms with E-state index in [1.807, 2.05) is 19.2 Å². The van der Waals surface area contributed by atoms with Gasteiger partial charge in [-0.2, -0.15) is 4.31 Å². The highest BCUT2D eigenvalue weighted by Gasteiger charge is 2.28. The third kappa shape index (κ3) is 4.64. The third-order valence-corrected chi connectivity index (χ3v) is 7.86. The van der Waals surface area contributed by atoms with Crippen LogP contribution < -0.4 is 4.90 Å². The molecule has 3 heterocycles. The highest BCUT2D eigenvalue weighted by molar-refractivity contribution is 9.10. The summed E-state index contributed by atoms with van der Waals surface area (Å²) >= 11 is 3.46. The number of morpholine rings is 1. The van der Waals surface area contributed by atoms with Crippen LogP contribution in [0.15, 0.2) is 52.0 Å². The number of aromatic nitrogens is 1. The van der Waals surface area contributed by atoms with Crippen molar-refractivity contribution in [2.75, 3.05) is 57.8 Å². The van der Waals surface area contributed by atoms with E-state index >= 15 is 0 Å². The zero-order valence-corrected chi connectivity index (χ0v) is 18.8. The fraction of sp³-hybridized carbons (Fsp3) is 0.450. The lowest BCUT2D eigenvalue weighted by molar-refractivity contribution is 0.0395. The predicted octanol–water partition coefficient (Wildman–Crippen LogP) is 2.36. The summed E-state index contributed by atoms with van der Waals surface area (Å²) in [4.78, 5) is 8.99. The molecule has 2 aromatic rings. The first kappa shape index (κ1) is 20.7. The average Bonchev–Trinajstić information content (AvgIpc) is 2.75. The minimum absolute atomic E-state index is 0.0348. The van der Waals surface area contributed by atoms with Crippen LogP contribution in [0, 0.1) is 0 Å². The van der Waals surface area contributed by atoms with Gasteiger partial charge in [0.05, 0.1) is 6.61 Å². The molecule has 0 amide bonds. The molecule has 2 aliphatic heterocycles. The van der Waals surface area contributed by atoms with Crippen molar-refractivity contribution in [2.45, 2.75) is 11.0 Å². The Morgan fingerprint density at radius 3 is 2.41 bits per heavy atom. The summed E-state index contributed by atoms with van der Waals surface area (Å²) in [5, 5.41) is 0. The zero-order chi connectivity index (χ0) is 20.4. The molecule has 1 aromatic carbocycles. The van der Waals surface area contributed by atoms with Gasteiger partial charge in [0.2, 0.25) is 10.0 Å². The fourth-order valence-corrected chi connectivity index (χ4v) is 5.26. The molecular formula is C20H25BrN4O3S. The van der Waals surface area contributed by atoms with E-state index in [9.17, 15) is 8.42 Å². The highest BCUT2D eigenvalue weighted by Crippen LogP contribution is 2.27. The maximum atomic E-state index is 12.9. The first-order chi connectivity index (χ1) is 13.9. The summed E-state index contributed by atoms with van der Waals surface area (Å²) in [6.45, 7) is 4.53. The monoisotopic (exact) mass is 480 g/mol. The lowest BCUT2D eigenvalue weighted by Crippen LogP contribution is -2.47. The maximum Gasteiger partial charge on any atom is 0.244 e. The molecule has 1 aromatic heterocycles. The first-order valence-electron chi connectivity index (χ1n) is 9.70. The number of rotatable bonds is 4. The summed E-state index contributed by atoms with van der Waals surface area (Å²) in [6, 6.07) is 11.6. The second-order valence-corrected chi connectivity index (χ2v) is 10.3. The minimum atomic E-state index is -3.49. The molecule has 1 atom stereocenters. The van der Waals surface area contributed by atoms with Gasteiger partial charge in [0.25, 0.3) is 0 Å². The number of hydrogen-bond donors (Lipinski definition) is 0. The van der Waals surface area contributed by atoms with Crippen LogP contribution in [0.2, 0.25) is 0 Å². The number of anilines is 1. The SMILES string of the molecule is CN1CCN(S(=O)(=O)c2ccc(N3CCOC(c4ccc(Br)cc4)C3)nc2)CC1. The van der Waals surface area contributed by atoms with E-state index in [0.717, 1.165) is 35.5 Å². The average molecular weight is 481 g/mol. The van der Waals surface area contributed by atoms with Gasteiger partial charge in [-0.25, -0.2) is 13.4 Å². The van der Waals surface area contributed by atoms with Crippen LogP contribution in [0.25, 0.3) is 0 Å². The van der Waals surface area contributed by atoms with Crippen molar-refractivity contribution in [2.24, 2.45) is 0 Å². The molecule has 0 N–H and O–H groups in total. The van der Waals surface area contributed by atoms with E-state index < -0.39 is 10.0 Å². The Morgan fingerprint density at radius 1 is 1.03 bits per heavy atom. The number of likely N-dealkylation sites (N-methyl/N-ethyl adjacent to an activating group) is 1. The fourth-order valence-electron chi connectivity index (χ4n) is 3.63. The molecule has 2 saturated heterocycles. The first-order valence-corrected chi connectivity index (χ1v) is 11.9. The smallest absolute Gasteiger partial charge is 0.244 e. The molecule has 7 nitrogen and oxygen atoms in total. The molecule has 1 unspecified atom stereocenters. The number of sulfonamides is 1. The van der Waals surface area contributed by atoms with Crippen molar-refractivity contribution < 1.29 is 13.2 Å². The number of benzene rings is 1. The van der Waals surface area contributed by atoms with E-state index in [2.05, 4.69) is 42.8 Å². The van der Waals surface area contributed by atoms with Gasteiger partial charge in [-0.3, -0.25) is 0 Å². The quantitative estimate of drug-likeness (QED) is 0.668. The highest BCUT2D eigenvalue weighted by atomic mass is 79.9. The Bertz CT molecular complexity index is 929. The van der Waals surface area contributed by atoms with Gasteiger partial charge in [-0.05, 0) is 36.9 Å². The molecule has 0 saturated carbocycles. The summed E-state index contributed by atoms with van der Waals surface area (Å²) < 4.78 is 34.3. The second-order valence-electron chi connectivity index (χ2n) is 7.42. The number of pyridine rings is 1. The molecule has 0 radical (unpaired) electrons. The van der Waals surface area contributed by atoms with Crippen molar-refractivity contribution >= 4 is 31.8 Å². The second kappa shape index (κ2) is 8.69. The van der Waals surface area contributed by atoms with Crippen molar-refractivity contribution in [1.29, 1.82) is 0 Å². The number of ether oxygens (including phenoxy) is 1. The number of halogens is 1. The Kier molecular flexibility index (Phi) is 6.21. The van der Waals surface area contributed by atoms with Crippen LogP contribution in [0.4, 0.5) is 5.82 Å². The third-order valence-electron chi connectivity index (χ3n) is 5.45. The molecule has 4 rings (SSSR count). The molecule has 2 aliphatic rings. The number of nitrogens with zero attached hydrogens (tertiary/aromatic N) is 4. The van der Waals surface area contributed by atoms with Crippen molar-refractivity contribution in [3.05, 3.63) is 52.6 Å². The summed E-state index contributed by atoms with van der Waals surface area (Å²) in [5.41, 5.74) is 1.12. The van der Waals surface area contributed by atoms with Gasteiger partial charge in [0.1, 0.15) is 16.8 Å². The van der Waals surface area contributed by atoms with E-state index in [-0.39, 0.29) is 11.0 Å². The largest absolute Gasteiger partial charge is 0.370 e. The van der Waals surface area contributed by atoms with Crippen LogP contribution in [-0.4, -0.2) is 75.5 Å². The normalized spacial score (nSPS) is 22.0. The van der Waals surface area contributed by atoms with Crippen LogP contribution in [0.1, 0.15) is 11.7 Å². The maximum absolute atomic E-state index is 12.9. The molecule has 29 heavy (non-hydrogen) atoms. The zero-order valence-electron chi connectivity index (χ0n) is 16.4.